The van der Waals surface area contributed by atoms with Crippen molar-refractivity contribution < 1.29 is 32.3 Å². The van der Waals surface area contributed by atoms with E-state index in [4.69, 9.17) is 5.73 Å². The molecular weight excluding hydrogens is 307 g/mol. The lowest BCUT2D eigenvalue weighted by Crippen LogP contribution is -2.38. The van der Waals surface area contributed by atoms with Crippen LogP contribution >= 0.6 is 0 Å². The number of amides is 1. The molecule has 0 aromatic carbocycles. The van der Waals surface area contributed by atoms with Crippen LogP contribution in [0.25, 0.3) is 0 Å². The Labute approximate surface area is 122 Å². The average molecular weight is 319 g/mol. The van der Waals surface area contributed by atoms with E-state index in [2.05, 4.69) is 15.0 Å². The largest absolute Gasteiger partial charge is 0.491 e. The first-order chi connectivity index (χ1) is 10.2. The summed E-state index contributed by atoms with van der Waals surface area (Å²) in [5.74, 6) is -4.46. The van der Waals surface area contributed by atoms with Crippen LogP contribution in [0.5, 0.6) is 0 Å². The summed E-state index contributed by atoms with van der Waals surface area (Å²) in [5, 5.41) is 2.40. The number of alkyl halides is 3. The minimum atomic E-state index is -5.29. The van der Waals surface area contributed by atoms with Gasteiger partial charge in [0.2, 0.25) is 5.91 Å². The highest BCUT2D eigenvalue weighted by Gasteiger charge is 2.43. The maximum Gasteiger partial charge on any atom is 0.491 e. The molecule has 22 heavy (non-hydrogen) atoms. The van der Waals surface area contributed by atoms with Crippen LogP contribution in [0.3, 0.4) is 0 Å². The molecule has 0 saturated carbocycles. The third-order valence-electron chi connectivity index (χ3n) is 2.34. The minimum absolute atomic E-state index is 0.257. The van der Waals surface area contributed by atoms with Gasteiger partial charge in [0, 0.05) is 12.6 Å². The Kier molecular flexibility index (Phi) is 5.99. The van der Waals surface area contributed by atoms with Gasteiger partial charge in [-0.25, -0.2) is 14.6 Å². The molecule has 0 fully saturated rings. The lowest BCUT2D eigenvalue weighted by molar-refractivity contribution is -0.202. The summed E-state index contributed by atoms with van der Waals surface area (Å²) >= 11 is 0. The van der Waals surface area contributed by atoms with Crippen LogP contribution in [-0.2, 0) is 19.1 Å². The molecule has 0 bridgehead atoms. The molecule has 1 aromatic rings. The molecule has 0 aliphatic carbocycles. The smallest absolute Gasteiger partial charge is 0.385 e. The summed E-state index contributed by atoms with van der Waals surface area (Å²) in [6, 6.07) is 3.27. The van der Waals surface area contributed by atoms with Crippen molar-refractivity contribution in [1.82, 2.24) is 4.98 Å². The molecule has 1 atom stereocenters. The Morgan fingerprint density at radius 2 is 2.00 bits per heavy atom. The van der Waals surface area contributed by atoms with Gasteiger partial charge in [0.05, 0.1) is 0 Å². The number of carbonyl (C=O) groups is 3. The third-order valence-corrected chi connectivity index (χ3v) is 2.34. The standard InChI is InChI=1S/C12H12F3N3O4/c13-12(14,15)11(21)22-10(20)7(16)4-5-9(19)18-8-3-1-2-6-17-8/h1-3,6-7H,4-5,16H2,(H,17,18,19)/t7-/m0/s1. The fraction of sp³-hybridized carbons (Fsp3) is 0.333. The van der Waals surface area contributed by atoms with E-state index in [0.29, 0.717) is 0 Å². The lowest BCUT2D eigenvalue weighted by atomic mass is 10.1. The van der Waals surface area contributed by atoms with Gasteiger partial charge < -0.3 is 15.8 Å². The predicted octanol–water partition coefficient (Wildman–Crippen LogP) is 0.760. The molecule has 1 heterocycles. The number of hydrogen-bond acceptors (Lipinski definition) is 6. The molecule has 120 valence electrons. The van der Waals surface area contributed by atoms with Gasteiger partial charge in [0.15, 0.2) is 0 Å². The van der Waals surface area contributed by atoms with Gasteiger partial charge in [-0.1, -0.05) is 6.07 Å². The number of esters is 2. The van der Waals surface area contributed by atoms with Gasteiger partial charge in [0.1, 0.15) is 11.9 Å². The first kappa shape index (κ1) is 17.6. The van der Waals surface area contributed by atoms with E-state index in [-0.39, 0.29) is 18.7 Å². The van der Waals surface area contributed by atoms with Gasteiger partial charge in [0.25, 0.3) is 0 Å². The summed E-state index contributed by atoms with van der Waals surface area (Å²) in [4.78, 5) is 36.9. The molecule has 1 amide bonds. The van der Waals surface area contributed by atoms with Crippen molar-refractivity contribution >= 4 is 23.7 Å². The number of nitrogens with zero attached hydrogens (tertiary/aromatic N) is 1. The number of rotatable bonds is 5. The molecule has 0 aliphatic heterocycles. The Morgan fingerprint density at radius 3 is 2.55 bits per heavy atom. The van der Waals surface area contributed by atoms with Crippen LogP contribution in [0.4, 0.5) is 19.0 Å². The Hall–Kier alpha value is -2.49. The molecule has 0 saturated heterocycles. The second-order valence-electron chi connectivity index (χ2n) is 4.11. The normalized spacial score (nSPS) is 12.4. The lowest BCUT2D eigenvalue weighted by Gasteiger charge is -2.11. The topological polar surface area (TPSA) is 111 Å². The monoisotopic (exact) mass is 319 g/mol. The predicted molar refractivity (Wildman–Crippen MR) is 67.2 cm³/mol. The molecule has 3 N–H and O–H groups in total. The zero-order chi connectivity index (χ0) is 16.8. The SMILES string of the molecule is N[C@@H](CCC(=O)Nc1ccccn1)C(=O)OC(=O)C(F)(F)F. The number of pyridine rings is 1. The van der Waals surface area contributed by atoms with Gasteiger partial charge >= 0.3 is 18.1 Å². The van der Waals surface area contributed by atoms with Gasteiger partial charge in [-0.3, -0.25) is 4.79 Å². The highest BCUT2D eigenvalue weighted by molar-refractivity contribution is 5.92. The quantitative estimate of drug-likeness (QED) is 0.612. The van der Waals surface area contributed by atoms with Gasteiger partial charge in [-0.15, -0.1) is 0 Å². The number of carbonyl (C=O) groups excluding carboxylic acids is 3. The summed E-state index contributed by atoms with van der Waals surface area (Å²) in [6.07, 6.45) is -4.39. The van der Waals surface area contributed by atoms with Crippen molar-refractivity contribution in [2.45, 2.75) is 25.1 Å². The number of halogens is 3. The van der Waals surface area contributed by atoms with E-state index in [0.717, 1.165) is 0 Å². The number of aromatic nitrogens is 1. The Balaban J connectivity index is 2.39. The first-order valence-corrected chi connectivity index (χ1v) is 5.99. The van der Waals surface area contributed by atoms with E-state index >= 15 is 0 Å². The number of nitrogens with one attached hydrogen (secondary N) is 1. The second kappa shape index (κ2) is 7.50. The summed E-state index contributed by atoms with van der Waals surface area (Å²) in [5.41, 5.74) is 5.26. The highest BCUT2D eigenvalue weighted by Crippen LogP contribution is 2.17. The molecule has 10 heteroatoms. The second-order valence-corrected chi connectivity index (χ2v) is 4.11. The van der Waals surface area contributed by atoms with Crippen molar-refractivity contribution in [3.8, 4) is 0 Å². The summed E-state index contributed by atoms with van der Waals surface area (Å²) in [7, 11) is 0. The fourth-order valence-corrected chi connectivity index (χ4v) is 1.27. The van der Waals surface area contributed by atoms with E-state index in [1.807, 2.05) is 0 Å². The van der Waals surface area contributed by atoms with Crippen LogP contribution in [-0.4, -0.2) is 35.0 Å². The van der Waals surface area contributed by atoms with Crippen molar-refractivity contribution in [3.05, 3.63) is 24.4 Å². The average Bonchev–Trinajstić information content (AvgIpc) is 2.44. The fourth-order valence-electron chi connectivity index (χ4n) is 1.27. The van der Waals surface area contributed by atoms with Gasteiger partial charge in [-0.05, 0) is 18.6 Å². The zero-order valence-electron chi connectivity index (χ0n) is 11.1. The zero-order valence-corrected chi connectivity index (χ0v) is 11.1. The number of ether oxygens (including phenoxy) is 1. The number of nitrogens with two attached hydrogens (primary N) is 1. The third kappa shape index (κ3) is 5.87. The maximum atomic E-state index is 11.9. The van der Waals surface area contributed by atoms with Crippen molar-refractivity contribution in [1.29, 1.82) is 0 Å². The van der Waals surface area contributed by atoms with Crippen LogP contribution in [0, 0.1) is 0 Å². The van der Waals surface area contributed by atoms with Crippen molar-refractivity contribution in [2.24, 2.45) is 5.73 Å². The van der Waals surface area contributed by atoms with E-state index in [1.54, 1.807) is 12.1 Å². The van der Waals surface area contributed by atoms with Gasteiger partial charge in [-0.2, -0.15) is 13.2 Å². The molecule has 1 aromatic heterocycles. The highest BCUT2D eigenvalue weighted by atomic mass is 19.4. The molecule has 0 unspecified atom stereocenters. The molecular formula is C12H12F3N3O4. The van der Waals surface area contributed by atoms with E-state index < -0.39 is 30.1 Å². The molecule has 0 aliphatic rings. The van der Waals surface area contributed by atoms with Crippen molar-refractivity contribution in [3.63, 3.8) is 0 Å². The molecule has 1 rings (SSSR count). The van der Waals surface area contributed by atoms with E-state index in [9.17, 15) is 27.6 Å². The first-order valence-electron chi connectivity index (χ1n) is 5.99. The van der Waals surface area contributed by atoms with Crippen molar-refractivity contribution in [2.75, 3.05) is 5.32 Å². The maximum absolute atomic E-state index is 11.9. The van der Waals surface area contributed by atoms with Crippen LogP contribution < -0.4 is 11.1 Å². The van der Waals surface area contributed by atoms with Crippen LogP contribution in [0.1, 0.15) is 12.8 Å². The Bertz CT molecular complexity index is 548. The molecule has 7 nitrogen and oxygen atoms in total. The Morgan fingerprint density at radius 1 is 1.32 bits per heavy atom. The number of anilines is 1. The summed E-state index contributed by atoms with van der Waals surface area (Å²) < 4.78 is 39.2. The van der Waals surface area contributed by atoms with Crippen LogP contribution in [0.15, 0.2) is 24.4 Å². The molecule has 0 spiro atoms. The summed E-state index contributed by atoms with van der Waals surface area (Å²) in [6.45, 7) is 0. The van der Waals surface area contributed by atoms with E-state index in [1.165, 1.54) is 12.3 Å². The van der Waals surface area contributed by atoms with Crippen LogP contribution in [0.2, 0.25) is 0 Å². The number of hydrogen-bond donors (Lipinski definition) is 2. The molecule has 0 radical (unpaired) electrons. The minimum Gasteiger partial charge on any atom is -0.385 e.